The maximum absolute atomic E-state index is 12.4. The fourth-order valence-corrected chi connectivity index (χ4v) is 2.35. The molecule has 0 spiro atoms. The maximum atomic E-state index is 12.4. The van der Waals surface area contributed by atoms with Crippen LogP contribution in [-0.4, -0.2) is 17.0 Å². The number of rotatable bonds is 1. The molecule has 0 N–H and O–H groups in total. The fourth-order valence-electron chi connectivity index (χ4n) is 2.35. The van der Waals surface area contributed by atoms with Crippen LogP contribution in [0, 0.1) is 0 Å². The molecule has 0 radical (unpaired) electrons. The largest absolute Gasteiger partial charge is 0.289 e. The molecule has 0 bridgehead atoms. The summed E-state index contributed by atoms with van der Waals surface area (Å²) in [7, 11) is 0. The first-order valence-electron chi connectivity index (χ1n) is 6.35. The number of ketones is 1. The summed E-state index contributed by atoms with van der Waals surface area (Å²) in [6.45, 7) is 3.92. The molecule has 1 aromatic rings. The number of nitrogens with zero attached hydrogens (tertiary/aromatic N) is 2. The molecule has 2 aliphatic rings. The Hall–Kier alpha value is -2.29. The average Bonchev–Trinajstić information content (AvgIpc) is 2.42. The van der Waals surface area contributed by atoms with Crippen molar-refractivity contribution < 1.29 is 6.22 Å². The van der Waals surface area contributed by atoms with Crippen LogP contribution in [0.4, 0.5) is 0 Å². The van der Waals surface area contributed by atoms with E-state index in [0.29, 0.717) is 0 Å². The van der Waals surface area contributed by atoms with Gasteiger partial charge in [0.2, 0.25) is 0 Å². The molecule has 0 aromatic carbocycles. The highest BCUT2D eigenvalue weighted by atomic mass is 16.1. The number of allylic oxidation sites excluding steroid dienone is 4. The number of hydrogen-bond acceptors (Lipinski definition) is 3. The van der Waals surface area contributed by atoms with Crippen LogP contribution in [0.2, 0.25) is 0 Å². The summed E-state index contributed by atoms with van der Waals surface area (Å²) in [6.07, 6.45) is 9.69. The van der Waals surface area contributed by atoms with Gasteiger partial charge in [0.05, 0.1) is 11.4 Å². The number of pyridine rings is 1. The highest BCUT2D eigenvalue weighted by Crippen LogP contribution is 2.25. The lowest BCUT2D eigenvalue weighted by Crippen LogP contribution is -2.15. The number of hydrogen-bond donors (Lipinski definition) is 0. The zero-order chi connectivity index (χ0) is 13.2. The Morgan fingerprint density at radius 2 is 2.26 bits per heavy atom. The van der Waals surface area contributed by atoms with Crippen molar-refractivity contribution in [1.82, 2.24) is 4.98 Å². The van der Waals surface area contributed by atoms with Gasteiger partial charge in [0.15, 0.2) is 5.78 Å². The first kappa shape index (κ1) is 11.8. The lowest BCUT2D eigenvalue weighted by Gasteiger charge is -2.16. The van der Waals surface area contributed by atoms with E-state index in [-0.39, 0.29) is 7.21 Å². The van der Waals surface area contributed by atoms with E-state index in [9.17, 15) is 4.79 Å². The highest BCUT2D eigenvalue weighted by molar-refractivity contribution is 6.10. The first-order chi connectivity index (χ1) is 9.24. The standard InChI is InChI=1S/C16H14N2O.H2/c1-11-6-8-17-13(9-11)10-12-4-5-15-14(16(12)19)3-2-7-18-15;/h2-3,7-10H,1,4-6H2;1H/b12-10+;. The Balaban J connectivity index is 0.00000147. The Labute approximate surface area is 113 Å². The lowest BCUT2D eigenvalue weighted by atomic mass is 9.89. The summed E-state index contributed by atoms with van der Waals surface area (Å²) in [5.74, 6) is 0.0710. The molecule has 3 heteroatoms. The molecule has 1 aliphatic carbocycles. The monoisotopic (exact) mass is 252 g/mol. The number of fused-ring (bicyclic) bond motifs is 1. The molecule has 19 heavy (non-hydrogen) atoms. The topological polar surface area (TPSA) is 42.3 Å². The van der Waals surface area contributed by atoms with Gasteiger partial charge in [-0.05, 0) is 42.7 Å². The SMILES string of the molecule is C=C1C=C(/C=C2\CCc3ncccc3C2=O)N=CC1.[HH]. The minimum atomic E-state index is 0. The second kappa shape index (κ2) is 4.76. The Morgan fingerprint density at radius 1 is 1.37 bits per heavy atom. The zero-order valence-electron chi connectivity index (χ0n) is 10.6. The van der Waals surface area contributed by atoms with Crippen molar-refractivity contribution in [3.05, 3.63) is 65.2 Å². The van der Waals surface area contributed by atoms with Gasteiger partial charge in [-0.15, -0.1) is 0 Å². The van der Waals surface area contributed by atoms with E-state index in [1.165, 1.54) is 0 Å². The molecule has 3 rings (SSSR count). The second-order valence-electron chi connectivity index (χ2n) is 4.74. The summed E-state index contributed by atoms with van der Waals surface area (Å²) in [6, 6.07) is 3.65. The Bertz CT molecular complexity index is 656. The Kier molecular flexibility index (Phi) is 2.95. The van der Waals surface area contributed by atoms with Crippen molar-refractivity contribution in [2.45, 2.75) is 19.3 Å². The smallest absolute Gasteiger partial charge is 0.190 e. The van der Waals surface area contributed by atoms with Gasteiger partial charge in [-0.25, -0.2) is 0 Å². The van der Waals surface area contributed by atoms with Gasteiger partial charge in [-0.3, -0.25) is 14.8 Å². The van der Waals surface area contributed by atoms with Crippen LogP contribution in [0.1, 0.15) is 30.3 Å². The van der Waals surface area contributed by atoms with Crippen molar-refractivity contribution >= 4 is 12.0 Å². The number of carbonyl (C=O) groups excluding carboxylic acids is 1. The van der Waals surface area contributed by atoms with E-state index in [0.717, 1.165) is 47.4 Å². The van der Waals surface area contributed by atoms with Crippen LogP contribution < -0.4 is 0 Å². The molecule has 1 aliphatic heterocycles. The van der Waals surface area contributed by atoms with Gasteiger partial charge in [-0.1, -0.05) is 6.58 Å². The van der Waals surface area contributed by atoms with Gasteiger partial charge in [0.1, 0.15) is 0 Å². The first-order valence-corrected chi connectivity index (χ1v) is 6.35. The van der Waals surface area contributed by atoms with Crippen LogP contribution in [0.25, 0.3) is 0 Å². The average molecular weight is 252 g/mol. The van der Waals surface area contributed by atoms with E-state index in [1.807, 2.05) is 24.4 Å². The molecule has 1 aromatic heterocycles. The number of Topliss-reactive ketones (excluding diaryl/α,β-unsaturated/α-hetero) is 1. The lowest BCUT2D eigenvalue weighted by molar-refractivity contribution is 0.102. The summed E-state index contributed by atoms with van der Waals surface area (Å²) >= 11 is 0. The van der Waals surface area contributed by atoms with Crippen LogP contribution in [0.5, 0.6) is 0 Å². The van der Waals surface area contributed by atoms with Crippen molar-refractivity contribution in [1.29, 1.82) is 0 Å². The molecule has 2 heterocycles. The summed E-state index contributed by atoms with van der Waals surface area (Å²) < 4.78 is 0. The van der Waals surface area contributed by atoms with Crippen molar-refractivity contribution in [3.63, 3.8) is 0 Å². The van der Waals surface area contributed by atoms with E-state index in [1.54, 1.807) is 12.3 Å². The van der Waals surface area contributed by atoms with Gasteiger partial charge < -0.3 is 0 Å². The molecule has 0 amide bonds. The minimum Gasteiger partial charge on any atom is -0.289 e. The van der Waals surface area contributed by atoms with Gasteiger partial charge >= 0.3 is 0 Å². The molecular formula is C16H16N2O. The summed E-state index contributed by atoms with van der Waals surface area (Å²) in [4.78, 5) is 20.9. The van der Waals surface area contributed by atoms with Crippen molar-refractivity contribution in [3.8, 4) is 0 Å². The van der Waals surface area contributed by atoms with Crippen LogP contribution in [0.3, 0.4) is 0 Å². The van der Waals surface area contributed by atoms with Crippen LogP contribution in [-0.2, 0) is 6.42 Å². The van der Waals surface area contributed by atoms with Gasteiger partial charge in [0.25, 0.3) is 0 Å². The van der Waals surface area contributed by atoms with Crippen LogP contribution >= 0.6 is 0 Å². The molecule has 0 unspecified atom stereocenters. The van der Waals surface area contributed by atoms with Crippen molar-refractivity contribution in [2.24, 2.45) is 4.99 Å². The Morgan fingerprint density at radius 3 is 3.11 bits per heavy atom. The van der Waals surface area contributed by atoms with E-state index < -0.39 is 0 Å². The third-order valence-corrected chi connectivity index (χ3v) is 3.33. The normalized spacial score (nSPS) is 20.4. The number of aromatic nitrogens is 1. The summed E-state index contributed by atoms with van der Waals surface area (Å²) in [5.41, 5.74) is 4.26. The molecule has 0 atom stereocenters. The van der Waals surface area contributed by atoms with Gasteiger partial charge in [0, 0.05) is 31.4 Å². The van der Waals surface area contributed by atoms with E-state index in [4.69, 9.17) is 0 Å². The predicted octanol–water partition coefficient (Wildman–Crippen LogP) is 3.30. The zero-order valence-corrected chi connectivity index (χ0v) is 10.6. The predicted molar refractivity (Wildman–Crippen MR) is 77.4 cm³/mol. The van der Waals surface area contributed by atoms with Gasteiger partial charge in [-0.2, -0.15) is 0 Å². The number of aryl methyl sites for hydroxylation is 1. The molecule has 0 fully saturated rings. The maximum Gasteiger partial charge on any atom is 0.190 e. The van der Waals surface area contributed by atoms with Crippen molar-refractivity contribution in [2.75, 3.05) is 0 Å². The third-order valence-electron chi connectivity index (χ3n) is 3.33. The number of carbonyl (C=O) groups is 1. The second-order valence-corrected chi connectivity index (χ2v) is 4.74. The van der Waals surface area contributed by atoms with Crippen LogP contribution in [0.15, 0.2) is 58.9 Å². The molecule has 0 saturated heterocycles. The molecule has 0 saturated carbocycles. The fraction of sp³-hybridized carbons (Fsp3) is 0.188. The third kappa shape index (κ3) is 2.32. The number of aliphatic imine (C=N–C) groups is 1. The minimum absolute atomic E-state index is 0. The molecular weight excluding hydrogens is 236 g/mol. The van der Waals surface area contributed by atoms with E-state index in [2.05, 4.69) is 16.6 Å². The summed E-state index contributed by atoms with van der Waals surface area (Å²) in [5, 5.41) is 0. The van der Waals surface area contributed by atoms with E-state index >= 15 is 0 Å². The highest BCUT2D eigenvalue weighted by Gasteiger charge is 2.22. The molecule has 3 nitrogen and oxygen atoms in total. The quantitative estimate of drug-likeness (QED) is 0.720. The molecule has 96 valence electrons.